The molecule has 0 aliphatic rings. The Morgan fingerprint density at radius 3 is 2.27 bits per heavy atom. The van der Waals surface area contributed by atoms with Gasteiger partial charge in [0.05, 0.1) is 6.61 Å². The van der Waals surface area contributed by atoms with Gasteiger partial charge in [-0.25, -0.2) is 4.79 Å². The molecule has 2 N–H and O–H groups in total. The van der Waals surface area contributed by atoms with E-state index < -0.39 is 0 Å². The van der Waals surface area contributed by atoms with Crippen molar-refractivity contribution in [1.82, 2.24) is 5.32 Å². The number of urea groups is 1. The van der Waals surface area contributed by atoms with E-state index in [4.69, 9.17) is 9.47 Å². The number of rotatable bonds is 6. The van der Waals surface area contributed by atoms with Gasteiger partial charge in [-0.15, -0.1) is 0 Å². The van der Waals surface area contributed by atoms with Gasteiger partial charge in [-0.3, -0.25) is 0 Å². The van der Waals surface area contributed by atoms with Crippen molar-refractivity contribution in [2.75, 3.05) is 18.7 Å². The topological polar surface area (TPSA) is 59.6 Å². The Morgan fingerprint density at radius 2 is 1.64 bits per heavy atom. The molecule has 0 aromatic heterocycles. The molecule has 0 aliphatic heterocycles. The van der Waals surface area contributed by atoms with Crippen LogP contribution in [-0.4, -0.2) is 19.4 Å². The van der Waals surface area contributed by atoms with Gasteiger partial charge in [-0.2, -0.15) is 0 Å². The Morgan fingerprint density at radius 1 is 1.00 bits per heavy atom. The van der Waals surface area contributed by atoms with Crippen LogP contribution in [0.5, 0.6) is 11.5 Å². The molecule has 0 saturated heterocycles. The van der Waals surface area contributed by atoms with Crippen molar-refractivity contribution in [3.8, 4) is 11.5 Å². The zero-order valence-electron chi connectivity index (χ0n) is 12.8. The maximum atomic E-state index is 11.8. The summed E-state index contributed by atoms with van der Waals surface area (Å²) in [6, 6.07) is 14.5. The average molecular weight is 300 g/mol. The van der Waals surface area contributed by atoms with Crippen LogP contribution in [-0.2, 0) is 0 Å². The SMILES string of the molecule is CCOc1ccc(OCNC(=O)Nc2ccccc2C)cc1. The molecule has 2 aromatic carbocycles. The molecule has 22 heavy (non-hydrogen) atoms. The van der Waals surface area contributed by atoms with E-state index in [2.05, 4.69) is 10.6 Å². The van der Waals surface area contributed by atoms with E-state index in [0.29, 0.717) is 12.4 Å². The molecule has 116 valence electrons. The van der Waals surface area contributed by atoms with Crippen LogP contribution >= 0.6 is 0 Å². The molecule has 5 nitrogen and oxygen atoms in total. The largest absolute Gasteiger partial charge is 0.494 e. The fourth-order valence-corrected chi connectivity index (χ4v) is 1.86. The second kappa shape index (κ2) is 7.93. The lowest BCUT2D eigenvalue weighted by Gasteiger charge is -2.11. The summed E-state index contributed by atoms with van der Waals surface area (Å²) in [5.74, 6) is 1.46. The highest BCUT2D eigenvalue weighted by atomic mass is 16.5. The molecule has 2 rings (SSSR count). The lowest BCUT2D eigenvalue weighted by Crippen LogP contribution is -2.32. The van der Waals surface area contributed by atoms with E-state index in [-0.39, 0.29) is 12.8 Å². The number of nitrogens with one attached hydrogen (secondary N) is 2. The first kappa shape index (κ1) is 15.7. The van der Waals surface area contributed by atoms with E-state index in [1.54, 1.807) is 12.1 Å². The van der Waals surface area contributed by atoms with Crippen LogP contribution in [0.2, 0.25) is 0 Å². The predicted molar refractivity (Wildman–Crippen MR) is 86.4 cm³/mol. The summed E-state index contributed by atoms with van der Waals surface area (Å²) in [6.45, 7) is 4.58. The van der Waals surface area contributed by atoms with Gasteiger partial charge in [-0.1, -0.05) is 18.2 Å². The second-order valence-electron chi connectivity index (χ2n) is 4.64. The summed E-state index contributed by atoms with van der Waals surface area (Å²) in [7, 11) is 0. The van der Waals surface area contributed by atoms with Gasteiger partial charge in [0.15, 0.2) is 6.73 Å². The molecule has 0 saturated carbocycles. The number of aryl methyl sites for hydroxylation is 1. The third-order valence-electron chi connectivity index (χ3n) is 3.00. The third-order valence-corrected chi connectivity index (χ3v) is 3.00. The molecule has 0 heterocycles. The smallest absolute Gasteiger partial charge is 0.321 e. The molecular weight excluding hydrogens is 280 g/mol. The van der Waals surface area contributed by atoms with Crippen molar-refractivity contribution in [2.45, 2.75) is 13.8 Å². The number of benzene rings is 2. The molecule has 0 bridgehead atoms. The van der Waals surface area contributed by atoms with Crippen LogP contribution < -0.4 is 20.1 Å². The predicted octanol–water partition coefficient (Wildman–Crippen LogP) is 3.55. The number of carbonyl (C=O) groups excluding carboxylic acids is 1. The monoisotopic (exact) mass is 300 g/mol. The van der Waals surface area contributed by atoms with Crippen molar-refractivity contribution in [1.29, 1.82) is 0 Å². The molecule has 0 unspecified atom stereocenters. The standard InChI is InChI=1S/C17H20N2O3/c1-3-21-14-8-10-15(11-9-14)22-12-18-17(20)19-16-7-5-4-6-13(16)2/h4-11H,3,12H2,1-2H3,(H2,18,19,20). The van der Waals surface area contributed by atoms with Gasteiger partial charge < -0.3 is 20.1 Å². The second-order valence-corrected chi connectivity index (χ2v) is 4.64. The van der Waals surface area contributed by atoms with Crippen molar-refractivity contribution in [2.24, 2.45) is 0 Å². The summed E-state index contributed by atoms with van der Waals surface area (Å²) < 4.78 is 10.8. The summed E-state index contributed by atoms with van der Waals surface area (Å²) in [5.41, 5.74) is 1.78. The Labute approximate surface area is 130 Å². The minimum atomic E-state index is -0.305. The number of hydrogen-bond donors (Lipinski definition) is 2. The summed E-state index contributed by atoms with van der Waals surface area (Å²) >= 11 is 0. The van der Waals surface area contributed by atoms with Crippen molar-refractivity contribution in [3.63, 3.8) is 0 Å². The van der Waals surface area contributed by atoms with Gasteiger partial charge in [-0.05, 0) is 49.7 Å². The molecule has 5 heteroatoms. The third kappa shape index (κ3) is 4.70. The van der Waals surface area contributed by atoms with Gasteiger partial charge in [0, 0.05) is 5.69 Å². The molecule has 2 aromatic rings. The average Bonchev–Trinajstić information content (AvgIpc) is 2.52. The zero-order chi connectivity index (χ0) is 15.8. The minimum absolute atomic E-state index is 0.0890. The number of para-hydroxylation sites is 1. The van der Waals surface area contributed by atoms with Crippen molar-refractivity contribution >= 4 is 11.7 Å². The maximum Gasteiger partial charge on any atom is 0.321 e. The summed E-state index contributed by atoms with van der Waals surface area (Å²) in [6.07, 6.45) is 0. The van der Waals surface area contributed by atoms with Crippen LogP contribution in [0, 0.1) is 6.92 Å². The van der Waals surface area contributed by atoms with Crippen LogP contribution in [0.3, 0.4) is 0 Å². The lowest BCUT2D eigenvalue weighted by atomic mass is 10.2. The van der Waals surface area contributed by atoms with Gasteiger partial charge in [0.1, 0.15) is 11.5 Å². The van der Waals surface area contributed by atoms with Crippen molar-refractivity contribution < 1.29 is 14.3 Å². The first-order valence-corrected chi connectivity index (χ1v) is 7.15. The quantitative estimate of drug-likeness (QED) is 0.802. The first-order chi connectivity index (χ1) is 10.7. The van der Waals surface area contributed by atoms with Crippen molar-refractivity contribution in [3.05, 3.63) is 54.1 Å². The Bertz CT molecular complexity index is 612. The highest BCUT2D eigenvalue weighted by Gasteiger charge is 2.03. The molecule has 0 aliphatic carbocycles. The van der Waals surface area contributed by atoms with Gasteiger partial charge >= 0.3 is 6.03 Å². The number of ether oxygens (including phenoxy) is 2. The van der Waals surface area contributed by atoms with E-state index >= 15 is 0 Å². The fourth-order valence-electron chi connectivity index (χ4n) is 1.86. The number of carbonyl (C=O) groups is 1. The Balaban J connectivity index is 1.76. The van der Waals surface area contributed by atoms with Crippen LogP contribution in [0.4, 0.5) is 10.5 Å². The molecule has 0 atom stereocenters. The highest BCUT2D eigenvalue weighted by Crippen LogP contribution is 2.17. The van der Waals surface area contributed by atoms with Gasteiger partial charge in [0.2, 0.25) is 0 Å². The van der Waals surface area contributed by atoms with E-state index in [1.807, 2.05) is 50.2 Å². The zero-order valence-corrected chi connectivity index (χ0v) is 12.8. The molecule has 0 fully saturated rings. The van der Waals surface area contributed by atoms with E-state index in [1.165, 1.54) is 0 Å². The Kier molecular flexibility index (Phi) is 5.65. The lowest BCUT2D eigenvalue weighted by molar-refractivity contribution is 0.234. The Hall–Kier alpha value is -2.69. The highest BCUT2D eigenvalue weighted by molar-refractivity contribution is 5.89. The first-order valence-electron chi connectivity index (χ1n) is 7.15. The molecule has 0 radical (unpaired) electrons. The van der Waals surface area contributed by atoms with Crippen LogP contribution in [0.1, 0.15) is 12.5 Å². The van der Waals surface area contributed by atoms with E-state index in [9.17, 15) is 4.79 Å². The maximum absolute atomic E-state index is 11.8. The summed E-state index contributed by atoms with van der Waals surface area (Å²) in [5, 5.41) is 5.42. The molecule has 2 amide bonds. The normalized spacial score (nSPS) is 9.91. The van der Waals surface area contributed by atoms with Crippen LogP contribution in [0.25, 0.3) is 0 Å². The number of hydrogen-bond acceptors (Lipinski definition) is 3. The molecule has 0 spiro atoms. The fraction of sp³-hybridized carbons (Fsp3) is 0.235. The number of amides is 2. The van der Waals surface area contributed by atoms with Crippen LogP contribution in [0.15, 0.2) is 48.5 Å². The van der Waals surface area contributed by atoms with Gasteiger partial charge in [0.25, 0.3) is 0 Å². The number of anilines is 1. The molecular formula is C17H20N2O3. The summed E-state index contributed by atoms with van der Waals surface area (Å²) in [4.78, 5) is 11.8. The minimum Gasteiger partial charge on any atom is -0.494 e. The van der Waals surface area contributed by atoms with E-state index in [0.717, 1.165) is 17.0 Å².